The van der Waals surface area contributed by atoms with Crippen LogP contribution in [0.4, 0.5) is 5.69 Å². The van der Waals surface area contributed by atoms with Gasteiger partial charge in [-0.25, -0.2) is 0 Å². The van der Waals surface area contributed by atoms with Crippen molar-refractivity contribution in [3.05, 3.63) is 29.8 Å². The van der Waals surface area contributed by atoms with E-state index in [0.717, 1.165) is 18.5 Å². The van der Waals surface area contributed by atoms with Gasteiger partial charge in [-0.05, 0) is 49.2 Å². The van der Waals surface area contributed by atoms with Gasteiger partial charge in [0, 0.05) is 5.69 Å². The van der Waals surface area contributed by atoms with Crippen molar-refractivity contribution in [1.29, 1.82) is 0 Å². The number of nitrogens with one attached hydrogen (secondary N) is 2. The second kappa shape index (κ2) is 8.88. The van der Waals surface area contributed by atoms with Crippen LogP contribution in [0.15, 0.2) is 24.3 Å². The first-order valence-electron chi connectivity index (χ1n) is 6.96. The van der Waals surface area contributed by atoms with Crippen molar-refractivity contribution in [1.82, 2.24) is 5.32 Å². The van der Waals surface area contributed by atoms with E-state index >= 15 is 0 Å². The molecule has 1 rings (SSSR count). The highest BCUT2D eigenvalue weighted by Gasteiger charge is 2.06. The van der Waals surface area contributed by atoms with Gasteiger partial charge in [-0.15, -0.1) is 0 Å². The molecule has 0 aromatic heterocycles. The molecule has 3 N–H and O–H groups in total. The first-order chi connectivity index (χ1) is 9.19. The maximum atomic E-state index is 9.11. The van der Waals surface area contributed by atoms with Crippen LogP contribution in [0.25, 0.3) is 0 Å². The molecule has 0 heterocycles. The highest BCUT2D eigenvalue weighted by atomic mass is 32.1. The lowest BCUT2D eigenvalue weighted by atomic mass is 10.1. The number of aliphatic hydroxyl groups is 1. The smallest absolute Gasteiger partial charge is 0.171 e. The molecule has 0 aliphatic carbocycles. The Morgan fingerprint density at radius 3 is 2.47 bits per heavy atom. The Bertz CT molecular complexity index is 374. The molecule has 0 bridgehead atoms. The molecule has 0 spiro atoms. The Hall–Kier alpha value is -1.13. The topological polar surface area (TPSA) is 44.3 Å². The van der Waals surface area contributed by atoms with Crippen LogP contribution in [0.2, 0.25) is 0 Å². The van der Waals surface area contributed by atoms with Crippen LogP contribution >= 0.6 is 12.2 Å². The third kappa shape index (κ3) is 6.03. The summed E-state index contributed by atoms with van der Waals surface area (Å²) in [6.45, 7) is 4.30. The summed E-state index contributed by atoms with van der Waals surface area (Å²) < 4.78 is 0. The highest BCUT2D eigenvalue weighted by Crippen LogP contribution is 2.11. The van der Waals surface area contributed by atoms with E-state index in [9.17, 15) is 0 Å². The van der Waals surface area contributed by atoms with Gasteiger partial charge in [0.15, 0.2) is 5.11 Å². The minimum absolute atomic E-state index is 0.0174. The molecular weight excluding hydrogens is 256 g/mol. The zero-order chi connectivity index (χ0) is 14.1. The minimum atomic E-state index is 0.0174. The summed E-state index contributed by atoms with van der Waals surface area (Å²) in [5.74, 6) is 0. The predicted molar refractivity (Wildman–Crippen MR) is 85.6 cm³/mol. The SMILES string of the molecule is CCCCc1ccc(NC(=S)N[C@H](CC)CO)cc1. The summed E-state index contributed by atoms with van der Waals surface area (Å²) >= 11 is 5.21. The van der Waals surface area contributed by atoms with Crippen LogP contribution in [0.3, 0.4) is 0 Å². The summed E-state index contributed by atoms with van der Waals surface area (Å²) in [4.78, 5) is 0. The quantitative estimate of drug-likeness (QED) is 0.672. The summed E-state index contributed by atoms with van der Waals surface area (Å²) in [5.41, 5.74) is 2.33. The van der Waals surface area contributed by atoms with E-state index in [1.807, 2.05) is 19.1 Å². The average Bonchev–Trinajstić information content (AvgIpc) is 2.44. The lowest BCUT2D eigenvalue weighted by Crippen LogP contribution is -2.39. The van der Waals surface area contributed by atoms with E-state index in [0.29, 0.717) is 5.11 Å². The van der Waals surface area contributed by atoms with Crippen LogP contribution in [0.5, 0.6) is 0 Å². The number of hydrogen-bond acceptors (Lipinski definition) is 2. The van der Waals surface area contributed by atoms with E-state index in [-0.39, 0.29) is 12.6 Å². The molecule has 1 aromatic rings. The molecule has 1 atom stereocenters. The van der Waals surface area contributed by atoms with E-state index < -0.39 is 0 Å². The highest BCUT2D eigenvalue weighted by molar-refractivity contribution is 7.80. The largest absolute Gasteiger partial charge is 0.394 e. The van der Waals surface area contributed by atoms with Crippen molar-refractivity contribution < 1.29 is 5.11 Å². The Labute approximate surface area is 121 Å². The molecule has 4 heteroatoms. The molecule has 0 aliphatic heterocycles. The minimum Gasteiger partial charge on any atom is -0.394 e. The van der Waals surface area contributed by atoms with Crippen molar-refractivity contribution in [2.75, 3.05) is 11.9 Å². The summed E-state index contributed by atoms with van der Waals surface area (Å²) in [7, 11) is 0. The summed E-state index contributed by atoms with van der Waals surface area (Å²) in [6, 6.07) is 8.36. The monoisotopic (exact) mass is 280 g/mol. The zero-order valence-electron chi connectivity index (χ0n) is 11.8. The van der Waals surface area contributed by atoms with Gasteiger partial charge in [0.05, 0.1) is 12.6 Å². The van der Waals surface area contributed by atoms with Crippen LogP contribution in [-0.4, -0.2) is 22.9 Å². The normalized spacial score (nSPS) is 11.9. The molecule has 0 saturated heterocycles. The van der Waals surface area contributed by atoms with Crippen molar-refractivity contribution in [2.24, 2.45) is 0 Å². The van der Waals surface area contributed by atoms with Crippen LogP contribution < -0.4 is 10.6 Å². The Kier molecular flexibility index (Phi) is 7.45. The number of thiocarbonyl (C=S) groups is 1. The maximum Gasteiger partial charge on any atom is 0.171 e. The third-order valence-corrected chi connectivity index (χ3v) is 3.30. The third-order valence-electron chi connectivity index (χ3n) is 3.08. The first-order valence-corrected chi connectivity index (χ1v) is 7.37. The van der Waals surface area contributed by atoms with E-state index in [1.165, 1.54) is 18.4 Å². The average molecular weight is 280 g/mol. The number of hydrogen-bond donors (Lipinski definition) is 3. The van der Waals surface area contributed by atoms with Gasteiger partial charge in [0.1, 0.15) is 0 Å². The van der Waals surface area contributed by atoms with E-state index in [2.05, 4.69) is 29.7 Å². The Morgan fingerprint density at radius 2 is 1.95 bits per heavy atom. The Balaban J connectivity index is 2.46. The predicted octanol–water partition coefficient (Wildman–Crippen LogP) is 3.09. The van der Waals surface area contributed by atoms with Gasteiger partial charge in [0.2, 0.25) is 0 Å². The number of aliphatic hydroxyl groups excluding tert-OH is 1. The molecule has 0 amide bonds. The summed E-state index contributed by atoms with van der Waals surface area (Å²) in [5, 5.41) is 15.9. The molecule has 0 saturated carbocycles. The fraction of sp³-hybridized carbons (Fsp3) is 0.533. The lowest BCUT2D eigenvalue weighted by molar-refractivity contribution is 0.253. The number of unbranched alkanes of at least 4 members (excludes halogenated alkanes) is 1. The van der Waals surface area contributed by atoms with Crippen molar-refractivity contribution in [3.63, 3.8) is 0 Å². The van der Waals surface area contributed by atoms with Crippen molar-refractivity contribution in [3.8, 4) is 0 Å². The van der Waals surface area contributed by atoms with Crippen molar-refractivity contribution >= 4 is 23.0 Å². The van der Waals surface area contributed by atoms with Gasteiger partial charge >= 0.3 is 0 Å². The van der Waals surface area contributed by atoms with Gasteiger partial charge < -0.3 is 15.7 Å². The number of aryl methyl sites for hydroxylation is 1. The molecule has 19 heavy (non-hydrogen) atoms. The van der Waals surface area contributed by atoms with Gasteiger partial charge in [0.25, 0.3) is 0 Å². The molecule has 0 radical (unpaired) electrons. The Morgan fingerprint density at radius 1 is 1.26 bits per heavy atom. The molecular formula is C15H24N2OS. The molecule has 0 unspecified atom stereocenters. The number of rotatable bonds is 7. The second-order valence-electron chi connectivity index (χ2n) is 4.69. The van der Waals surface area contributed by atoms with E-state index in [1.54, 1.807) is 0 Å². The lowest BCUT2D eigenvalue weighted by Gasteiger charge is -2.17. The molecule has 106 valence electrons. The van der Waals surface area contributed by atoms with Gasteiger partial charge in [-0.1, -0.05) is 32.4 Å². The maximum absolute atomic E-state index is 9.11. The van der Waals surface area contributed by atoms with Gasteiger partial charge in [-0.2, -0.15) is 0 Å². The van der Waals surface area contributed by atoms with Crippen molar-refractivity contribution in [2.45, 2.75) is 45.6 Å². The number of benzene rings is 1. The van der Waals surface area contributed by atoms with Gasteiger partial charge in [-0.3, -0.25) is 0 Å². The first kappa shape index (κ1) is 15.9. The van der Waals surface area contributed by atoms with Crippen LogP contribution in [0.1, 0.15) is 38.7 Å². The molecule has 3 nitrogen and oxygen atoms in total. The molecule has 0 fully saturated rings. The second-order valence-corrected chi connectivity index (χ2v) is 5.09. The molecule has 1 aromatic carbocycles. The van der Waals surface area contributed by atoms with E-state index in [4.69, 9.17) is 17.3 Å². The number of anilines is 1. The van der Waals surface area contributed by atoms with Crippen LogP contribution in [0, 0.1) is 0 Å². The standard InChI is InChI=1S/C15H24N2OS/c1-3-5-6-12-7-9-14(10-8-12)17-15(19)16-13(4-2)11-18/h7-10,13,18H,3-6,11H2,1-2H3,(H2,16,17,19)/t13-/m1/s1. The fourth-order valence-electron chi connectivity index (χ4n) is 1.77. The molecule has 0 aliphatic rings. The van der Waals surface area contributed by atoms with Crippen LogP contribution in [-0.2, 0) is 6.42 Å². The zero-order valence-corrected chi connectivity index (χ0v) is 12.6. The summed E-state index contributed by atoms with van der Waals surface area (Å²) in [6.07, 6.45) is 4.41. The fourth-order valence-corrected chi connectivity index (χ4v) is 2.05.